The van der Waals surface area contributed by atoms with Crippen molar-refractivity contribution in [1.29, 1.82) is 0 Å². The van der Waals surface area contributed by atoms with E-state index < -0.39 is 5.91 Å². The molecule has 3 rings (SSSR count). The first-order valence-corrected chi connectivity index (χ1v) is 7.86. The van der Waals surface area contributed by atoms with E-state index in [1.165, 1.54) is 24.5 Å². The second-order valence-corrected chi connectivity index (χ2v) is 5.59. The molecule has 26 heavy (non-hydrogen) atoms. The highest BCUT2D eigenvalue weighted by Crippen LogP contribution is 2.21. The fourth-order valence-electron chi connectivity index (χ4n) is 2.10. The van der Waals surface area contributed by atoms with Gasteiger partial charge in [0.15, 0.2) is 0 Å². The molecule has 2 amide bonds. The Bertz CT molecular complexity index is 961. The van der Waals surface area contributed by atoms with Crippen molar-refractivity contribution in [2.75, 3.05) is 5.32 Å². The van der Waals surface area contributed by atoms with E-state index in [1.54, 1.807) is 36.4 Å². The minimum atomic E-state index is -0.544. The van der Waals surface area contributed by atoms with Gasteiger partial charge in [0.1, 0.15) is 10.9 Å². The Morgan fingerprint density at radius 2 is 1.88 bits per heavy atom. The van der Waals surface area contributed by atoms with Crippen LogP contribution in [0.5, 0.6) is 11.6 Å². The van der Waals surface area contributed by atoms with Crippen molar-refractivity contribution >= 4 is 29.1 Å². The lowest BCUT2D eigenvalue weighted by molar-refractivity contribution is 0.0997. The smallest absolute Gasteiger partial charge is 0.255 e. The number of aromatic nitrogens is 2. The summed E-state index contributed by atoms with van der Waals surface area (Å²) in [4.78, 5) is 31.3. The summed E-state index contributed by atoms with van der Waals surface area (Å²) in [7, 11) is 0. The Morgan fingerprint density at radius 3 is 2.58 bits per heavy atom. The first-order chi connectivity index (χ1) is 12.5. The molecule has 3 N–H and O–H groups in total. The average Bonchev–Trinajstić information content (AvgIpc) is 2.63. The Hall–Kier alpha value is -3.45. The number of amides is 2. The van der Waals surface area contributed by atoms with Crippen molar-refractivity contribution < 1.29 is 14.3 Å². The van der Waals surface area contributed by atoms with E-state index in [2.05, 4.69) is 15.3 Å². The van der Waals surface area contributed by atoms with E-state index in [9.17, 15) is 9.59 Å². The van der Waals surface area contributed by atoms with Crippen LogP contribution in [0.3, 0.4) is 0 Å². The minimum absolute atomic E-state index is 0.234. The van der Waals surface area contributed by atoms with Gasteiger partial charge < -0.3 is 15.8 Å². The fraction of sp³-hybridized carbons (Fsp3) is 0. The normalized spacial score (nSPS) is 10.2. The van der Waals surface area contributed by atoms with E-state index >= 15 is 0 Å². The first kappa shape index (κ1) is 17.4. The van der Waals surface area contributed by atoms with Crippen LogP contribution in [-0.2, 0) is 0 Å². The number of carbonyl (C=O) groups is 2. The molecule has 2 aromatic heterocycles. The zero-order chi connectivity index (χ0) is 18.5. The molecule has 0 bridgehead atoms. The van der Waals surface area contributed by atoms with Crippen LogP contribution in [0, 0.1) is 0 Å². The molecule has 0 saturated carbocycles. The Labute approximate surface area is 153 Å². The van der Waals surface area contributed by atoms with Crippen molar-refractivity contribution in [3.63, 3.8) is 0 Å². The number of nitrogens with two attached hydrogens (primary N) is 1. The van der Waals surface area contributed by atoms with Crippen LogP contribution in [0.4, 0.5) is 5.69 Å². The third-order valence-electron chi connectivity index (χ3n) is 3.32. The van der Waals surface area contributed by atoms with Crippen LogP contribution in [0.15, 0.2) is 60.9 Å². The molecule has 0 radical (unpaired) electrons. The van der Waals surface area contributed by atoms with Gasteiger partial charge in [-0.05, 0) is 36.4 Å². The van der Waals surface area contributed by atoms with Gasteiger partial charge in [0.25, 0.3) is 5.91 Å². The standard InChI is InChI=1S/C18H13ClN4O3/c19-15-9-12(6-7-21-15)18(25)23-13-4-5-16(22-10-13)26-14-3-1-2-11(8-14)17(20)24/h1-10H,(H2,20,24)(H,23,25). The molecule has 1 aromatic carbocycles. The lowest BCUT2D eigenvalue weighted by atomic mass is 10.2. The van der Waals surface area contributed by atoms with E-state index in [0.29, 0.717) is 28.4 Å². The predicted molar refractivity (Wildman–Crippen MR) is 96.5 cm³/mol. The van der Waals surface area contributed by atoms with Gasteiger partial charge in [-0.15, -0.1) is 0 Å². The van der Waals surface area contributed by atoms with Crippen LogP contribution in [0.25, 0.3) is 0 Å². The highest BCUT2D eigenvalue weighted by atomic mass is 35.5. The topological polar surface area (TPSA) is 107 Å². The maximum Gasteiger partial charge on any atom is 0.255 e. The molecule has 0 spiro atoms. The zero-order valence-electron chi connectivity index (χ0n) is 13.3. The van der Waals surface area contributed by atoms with E-state index in [1.807, 2.05) is 0 Å². The largest absolute Gasteiger partial charge is 0.439 e. The van der Waals surface area contributed by atoms with E-state index in [0.717, 1.165) is 0 Å². The maximum atomic E-state index is 12.1. The monoisotopic (exact) mass is 368 g/mol. The number of nitrogens with zero attached hydrogens (tertiary/aromatic N) is 2. The third kappa shape index (κ3) is 4.34. The van der Waals surface area contributed by atoms with Crippen molar-refractivity contribution in [2.24, 2.45) is 5.73 Å². The zero-order valence-corrected chi connectivity index (χ0v) is 14.1. The molecule has 2 heterocycles. The van der Waals surface area contributed by atoms with Crippen molar-refractivity contribution in [3.8, 4) is 11.6 Å². The number of rotatable bonds is 5. The summed E-state index contributed by atoms with van der Waals surface area (Å²) in [5, 5.41) is 2.93. The lowest BCUT2D eigenvalue weighted by Gasteiger charge is -2.08. The van der Waals surface area contributed by atoms with Gasteiger partial charge in [-0.3, -0.25) is 9.59 Å². The van der Waals surface area contributed by atoms with Gasteiger partial charge in [-0.1, -0.05) is 17.7 Å². The molecule has 130 valence electrons. The molecule has 7 nitrogen and oxygen atoms in total. The number of halogens is 1. The van der Waals surface area contributed by atoms with Crippen LogP contribution < -0.4 is 15.8 Å². The predicted octanol–water partition coefficient (Wildman–Crippen LogP) is 3.27. The molecule has 0 aliphatic carbocycles. The number of anilines is 1. The quantitative estimate of drug-likeness (QED) is 0.672. The van der Waals surface area contributed by atoms with Gasteiger partial charge in [0, 0.05) is 23.4 Å². The van der Waals surface area contributed by atoms with Crippen LogP contribution in [0.1, 0.15) is 20.7 Å². The SMILES string of the molecule is NC(=O)c1cccc(Oc2ccc(NC(=O)c3ccnc(Cl)c3)cn2)c1. The molecule has 0 aliphatic heterocycles. The van der Waals surface area contributed by atoms with Gasteiger partial charge in [0.05, 0.1) is 11.9 Å². The molecule has 0 aliphatic rings. The molecule has 0 atom stereocenters. The summed E-state index contributed by atoms with van der Waals surface area (Å²) >= 11 is 5.77. The summed E-state index contributed by atoms with van der Waals surface area (Å²) in [5.74, 6) is -0.148. The van der Waals surface area contributed by atoms with Crippen LogP contribution in [0.2, 0.25) is 5.15 Å². The van der Waals surface area contributed by atoms with Crippen LogP contribution in [-0.4, -0.2) is 21.8 Å². The molecule has 3 aromatic rings. The number of primary amides is 1. The van der Waals surface area contributed by atoms with Gasteiger partial charge in [-0.2, -0.15) is 0 Å². The Morgan fingerprint density at radius 1 is 1.04 bits per heavy atom. The summed E-state index contributed by atoms with van der Waals surface area (Å²) in [5.41, 5.74) is 6.44. The summed E-state index contributed by atoms with van der Waals surface area (Å²) < 4.78 is 5.57. The first-order valence-electron chi connectivity index (χ1n) is 7.48. The molecule has 0 unspecified atom stereocenters. The van der Waals surface area contributed by atoms with E-state index in [-0.39, 0.29) is 11.1 Å². The van der Waals surface area contributed by atoms with Gasteiger partial charge in [-0.25, -0.2) is 9.97 Å². The highest BCUT2D eigenvalue weighted by molar-refractivity contribution is 6.29. The molecule has 8 heteroatoms. The van der Waals surface area contributed by atoms with Gasteiger partial charge >= 0.3 is 0 Å². The molecular formula is C18H13ClN4O3. The highest BCUT2D eigenvalue weighted by Gasteiger charge is 2.08. The van der Waals surface area contributed by atoms with Crippen molar-refractivity contribution in [2.45, 2.75) is 0 Å². The number of benzene rings is 1. The Kier molecular flexibility index (Phi) is 5.09. The van der Waals surface area contributed by atoms with E-state index in [4.69, 9.17) is 22.1 Å². The average molecular weight is 369 g/mol. The summed E-state index contributed by atoms with van der Waals surface area (Å²) in [6.07, 6.45) is 2.90. The second kappa shape index (κ2) is 7.62. The number of hydrogen-bond acceptors (Lipinski definition) is 5. The second-order valence-electron chi connectivity index (χ2n) is 5.20. The number of ether oxygens (including phenoxy) is 1. The van der Waals surface area contributed by atoms with Gasteiger partial charge in [0.2, 0.25) is 11.8 Å². The number of carbonyl (C=O) groups excluding carboxylic acids is 2. The number of nitrogens with one attached hydrogen (secondary N) is 1. The number of pyridine rings is 2. The third-order valence-corrected chi connectivity index (χ3v) is 3.53. The van der Waals surface area contributed by atoms with Crippen molar-refractivity contribution in [3.05, 3.63) is 77.2 Å². The molecule has 0 saturated heterocycles. The van der Waals surface area contributed by atoms with Crippen molar-refractivity contribution in [1.82, 2.24) is 9.97 Å². The summed E-state index contributed by atoms with van der Waals surface area (Å²) in [6, 6.07) is 12.7. The number of hydrogen-bond donors (Lipinski definition) is 2. The molecule has 0 fully saturated rings. The molecular weight excluding hydrogens is 356 g/mol. The minimum Gasteiger partial charge on any atom is -0.439 e. The fourth-order valence-corrected chi connectivity index (χ4v) is 2.27. The Balaban J connectivity index is 1.68. The maximum absolute atomic E-state index is 12.1. The summed E-state index contributed by atoms with van der Waals surface area (Å²) in [6.45, 7) is 0. The lowest BCUT2D eigenvalue weighted by Crippen LogP contribution is -2.12. The van der Waals surface area contributed by atoms with Crippen LogP contribution >= 0.6 is 11.6 Å².